The number of aromatic hydroxyl groups is 1. The summed E-state index contributed by atoms with van der Waals surface area (Å²) in [7, 11) is 0. The molecule has 0 aliphatic heterocycles. The fourth-order valence-electron chi connectivity index (χ4n) is 2.56. The van der Waals surface area contributed by atoms with Gasteiger partial charge in [-0.25, -0.2) is 9.97 Å². The Morgan fingerprint density at radius 2 is 1.74 bits per heavy atom. The quantitative estimate of drug-likeness (QED) is 0.759. The first-order chi connectivity index (χ1) is 10.8. The second-order valence-electron chi connectivity index (χ2n) is 6.77. The highest BCUT2D eigenvalue weighted by molar-refractivity contribution is 5.82. The smallest absolute Gasteiger partial charge is 0.296 e. The molecule has 1 aromatic carbocycles. The lowest BCUT2D eigenvalue weighted by atomic mass is 9.87. The van der Waals surface area contributed by atoms with Crippen molar-refractivity contribution >= 4 is 17.0 Å². The van der Waals surface area contributed by atoms with Gasteiger partial charge in [0.05, 0.1) is 6.54 Å². The fraction of sp³-hybridized carbons (Fsp3) is 0.353. The van der Waals surface area contributed by atoms with Crippen LogP contribution >= 0.6 is 0 Å². The van der Waals surface area contributed by atoms with Crippen LogP contribution in [0.5, 0.6) is 6.01 Å². The van der Waals surface area contributed by atoms with Crippen LogP contribution in [0.15, 0.2) is 24.3 Å². The molecule has 6 heteroatoms. The first-order valence-electron chi connectivity index (χ1n) is 7.54. The molecule has 0 radical (unpaired) electrons. The van der Waals surface area contributed by atoms with Crippen molar-refractivity contribution in [3.8, 4) is 6.01 Å². The van der Waals surface area contributed by atoms with Gasteiger partial charge in [0.15, 0.2) is 17.0 Å². The van der Waals surface area contributed by atoms with Crippen LogP contribution in [0, 0.1) is 6.92 Å². The summed E-state index contributed by atoms with van der Waals surface area (Å²) >= 11 is 0. The molecule has 0 spiro atoms. The van der Waals surface area contributed by atoms with Crippen molar-refractivity contribution in [2.75, 3.05) is 5.73 Å². The van der Waals surface area contributed by atoms with E-state index in [1.54, 1.807) is 11.5 Å². The van der Waals surface area contributed by atoms with Crippen molar-refractivity contribution in [3.05, 3.63) is 41.2 Å². The van der Waals surface area contributed by atoms with Gasteiger partial charge in [0.25, 0.3) is 6.01 Å². The number of hydrogen-bond acceptors (Lipinski definition) is 5. The fourth-order valence-corrected chi connectivity index (χ4v) is 2.56. The SMILES string of the molecule is Cc1nc(N)c2nc(O)n(Cc3ccc(C(C)(C)C)cc3)c2n1. The summed E-state index contributed by atoms with van der Waals surface area (Å²) in [6.45, 7) is 8.78. The van der Waals surface area contributed by atoms with Crippen molar-refractivity contribution in [2.24, 2.45) is 0 Å². The van der Waals surface area contributed by atoms with Crippen LogP contribution in [0.2, 0.25) is 0 Å². The number of anilines is 1. The molecule has 23 heavy (non-hydrogen) atoms. The average Bonchev–Trinajstić information content (AvgIpc) is 2.76. The average molecular weight is 311 g/mol. The Kier molecular flexibility index (Phi) is 3.47. The molecule has 0 bridgehead atoms. The van der Waals surface area contributed by atoms with E-state index in [2.05, 4.69) is 60.0 Å². The van der Waals surface area contributed by atoms with Gasteiger partial charge >= 0.3 is 0 Å². The summed E-state index contributed by atoms with van der Waals surface area (Å²) in [5, 5.41) is 10.1. The molecule has 0 fully saturated rings. The summed E-state index contributed by atoms with van der Waals surface area (Å²) in [5.74, 6) is 0.837. The van der Waals surface area contributed by atoms with Gasteiger partial charge in [0.1, 0.15) is 5.82 Å². The number of nitrogen functional groups attached to an aromatic ring is 1. The van der Waals surface area contributed by atoms with Gasteiger partial charge in [-0.15, -0.1) is 0 Å². The van der Waals surface area contributed by atoms with Crippen LogP contribution < -0.4 is 5.73 Å². The van der Waals surface area contributed by atoms with E-state index in [9.17, 15) is 5.11 Å². The zero-order chi connectivity index (χ0) is 16.8. The zero-order valence-electron chi connectivity index (χ0n) is 13.8. The second kappa shape index (κ2) is 5.22. The molecule has 0 aliphatic rings. The molecule has 3 rings (SSSR count). The van der Waals surface area contributed by atoms with Gasteiger partial charge in [0.2, 0.25) is 0 Å². The van der Waals surface area contributed by atoms with Crippen molar-refractivity contribution in [1.29, 1.82) is 0 Å². The first-order valence-corrected chi connectivity index (χ1v) is 7.54. The summed E-state index contributed by atoms with van der Waals surface area (Å²) in [5.41, 5.74) is 9.28. The Morgan fingerprint density at radius 1 is 1.09 bits per heavy atom. The van der Waals surface area contributed by atoms with Crippen molar-refractivity contribution in [3.63, 3.8) is 0 Å². The molecule has 3 N–H and O–H groups in total. The van der Waals surface area contributed by atoms with Crippen LogP contribution in [0.3, 0.4) is 0 Å². The lowest BCUT2D eigenvalue weighted by molar-refractivity contribution is 0.408. The first kappa shape index (κ1) is 15.3. The number of imidazole rings is 1. The molecule has 0 unspecified atom stereocenters. The summed E-state index contributed by atoms with van der Waals surface area (Å²) in [4.78, 5) is 12.5. The van der Waals surface area contributed by atoms with Crippen LogP contribution in [-0.2, 0) is 12.0 Å². The molecule has 120 valence electrons. The number of fused-ring (bicyclic) bond motifs is 1. The number of benzene rings is 1. The third-order valence-electron chi connectivity index (χ3n) is 3.87. The molecule has 2 heterocycles. The van der Waals surface area contributed by atoms with E-state index >= 15 is 0 Å². The van der Waals surface area contributed by atoms with Crippen LogP contribution in [0.25, 0.3) is 11.2 Å². The van der Waals surface area contributed by atoms with Crippen molar-refractivity contribution < 1.29 is 5.11 Å². The molecule has 0 saturated carbocycles. The van der Waals surface area contributed by atoms with E-state index in [1.165, 1.54) is 5.56 Å². The molecular formula is C17H21N5O. The predicted octanol–water partition coefficient (Wildman–Crippen LogP) is 2.77. The van der Waals surface area contributed by atoms with E-state index < -0.39 is 0 Å². The summed E-state index contributed by atoms with van der Waals surface area (Å²) in [6.07, 6.45) is 0. The number of hydrogen-bond donors (Lipinski definition) is 2. The van der Waals surface area contributed by atoms with E-state index in [0.29, 0.717) is 23.5 Å². The highest BCUT2D eigenvalue weighted by Crippen LogP contribution is 2.25. The standard InChI is InChI=1S/C17H21N5O/c1-10-19-14(18)13-15(20-10)22(16(23)21-13)9-11-5-7-12(8-6-11)17(2,3)4/h5-8H,9H2,1-4H3,(H,21,23)(H2,18,19,20). The maximum Gasteiger partial charge on any atom is 0.296 e. The number of nitrogens with zero attached hydrogens (tertiary/aromatic N) is 4. The lowest BCUT2D eigenvalue weighted by Gasteiger charge is -2.19. The van der Waals surface area contributed by atoms with E-state index in [1.807, 2.05) is 0 Å². The molecular weight excluding hydrogens is 290 g/mol. The Balaban J connectivity index is 2.00. The third-order valence-corrected chi connectivity index (χ3v) is 3.87. The number of aromatic nitrogens is 4. The van der Waals surface area contributed by atoms with E-state index in [4.69, 9.17) is 5.73 Å². The molecule has 2 aromatic heterocycles. The van der Waals surface area contributed by atoms with Gasteiger partial charge < -0.3 is 10.8 Å². The van der Waals surface area contributed by atoms with E-state index in [-0.39, 0.29) is 17.2 Å². The van der Waals surface area contributed by atoms with E-state index in [0.717, 1.165) is 5.56 Å². The molecule has 0 aliphatic carbocycles. The molecule has 0 atom stereocenters. The van der Waals surface area contributed by atoms with Gasteiger partial charge in [-0.1, -0.05) is 45.0 Å². The largest absolute Gasteiger partial charge is 0.480 e. The minimum Gasteiger partial charge on any atom is -0.480 e. The second-order valence-corrected chi connectivity index (χ2v) is 6.77. The normalized spacial score (nSPS) is 12.0. The number of aryl methyl sites for hydroxylation is 1. The van der Waals surface area contributed by atoms with Crippen LogP contribution in [0.4, 0.5) is 5.82 Å². The molecule has 0 amide bonds. The topological polar surface area (TPSA) is 89.9 Å². The Bertz CT molecular complexity index is 859. The number of nitrogens with two attached hydrogens (primary N) is 1. The summed E-state index contributed by atoms with van der Waals surface area (Å²) in [6, 6.07) is 8.23. The Hall–Kier alpha value is -2.63. The van der Waals surface area contributed by atoms with Crippen LogP contribution in [0.1, 0.15) is 37.7 Å². The maximum absolute atomic E-state index is 10.1. The Morgan fingerprint density at radius 3 is 2.35 bits per heavy atom. The highest BCUT2D eigenvalue weighted by Gasteiger charge is 2.16. The monoisotopic (exact) mass is 311 g/mol. The highest BCUT2D eigenvalue weighted by atomic mass is 16.3. The predicted molar refractivity (Wildman–Crippen MR) is 90.4 cm³/mol. The summed E-state index contributed by atoms with van der Waals surface area (Å²) < 4.78 is 1.65. The number of rotatable bonds is 2. The van der Waals surface area contributed by atoms with Crippen LogP contribution in [-0.4, -0.2) is 24.6 Å². The molecule has 0 saturated heterocycles. The molecule has 3 aromatic rings. The molecule has 6 nitrogen and oxygen atoms in total. The van der Waals surface area contributed by atoms with Gasteiger partial charge in [-0.2, -0.15) is 4.98 Å². The maximum atomic E-state index is 10.1. The van der Waals surface area contributed by atoms with Crippen molar-refractivity contribution in [1.82, 2.24) is 19.5 Å². The van der Waals surface area contributed by atoms with Gasteiger partial charge in [-0.3, -0.25) is 4.57 Å². The van der Waals surface area contributed by atoms with Gasteiger partial charge in [-0.05, 0) is 23.5 Å². The minimum atomic E-state index is -0.105. The van der Waals surface area contributed by atoms with Gasteiger partial charge in [0, 0.05) is 0 Å². The third kappa shape index (κ3) is 2.84. The minimum absolute atomic E-state index is 0.105. The van der Waals surface area contributed by atoms with Crippen molar-refractivity contribution in [2.45, 2.75) is 39.7 Å². The Labute approximate surface area is 135 Å². The lowest BCUT2D eigenvalue weighted by Crippen LogP contribution is -2.11. The zero-order valence-corrected chi connectivity index (χ0v) is 13.8.